The Labute approximate surface area is 117 Å². The van der Waals surface area contributed by atoms with E-state index >= 15 is 0 Å². The minimum absolute atomic E-state index is 0.0548. The Bertz CT molecular complexity index is 549. The van der Waals surface area contributed by atoms with Crippen molar-refractivity contribution in [1.29, 1.82) is 0 Å². The average molecular weight is 304 g/mol. The molecule has 2 aromatic carbocycles. The van der Waals surface area contributed by atoms with Gasteiger partial charge in [-0.3, -0.25) is 0 Å². The van der Waals surface area contributed by atoms with Gasteiger partial charge in [0.2, 0.25) is 0 Å². The predicted molar refractivity (Wildman–Crippen MR) is 80.7 cm³/mol. The van der Waals surface area contributed by atoms with Crippen molar-refractivity contribution in [3.8, 4) is 0 Å². The molecule has 94 valence electrons. The van der Waals surface area contributed by atoms with E-state index in [9.17, 15) is 0 Å². The van der Waals surface area contributed by atoms with E-state index < -0.39 is 0 Å². The minimum atomic E-state index is 0.0548. The van der Waals surface area contributed by atoms with Gasteiger partial charge in [-0.15, -0.1) is 0 Å². The average Bonchev–Trinajstić information content (AvgIpc) is 2.32. The van der Waals surface area contributed by atoms with Gasteiger partial charge < -0.3 is 5.73 Å². The maximum absolute atomic E-state index is 6.33. The molecule has 2 rings (SSSR count). The van der Waals surface area contributed by atoms with Crippen molar-refractivity contribution >= 4 is 15.9 Å². The molecule has 1 nitrogen and oxygen atoms in total. The van der Waals surface area contributed by atoms with E-state index in [0.717, 1.165) is 10.9 Å². The third-order valence-corrected chi connectivity index (χ3v) is 3.67. The number of aryl methyl sites for hydroxylation is 2. The third kappa shape index (κ3) is 3.21. The topological polar surface area (TPSA) is 26.0 Å². The van der Waals surface area contributed by atoms with Gasteiger partial charge in [-0.2, -0.15) is 0 Å². The van der Waals surface area contributed by atoms with Gasteiger partial charge in [0.15, 0.2) is 0 Å². The Morgan fingerprint density at radius 2 is 1.89 bits per heavy atom. The molecule has 0 aromatic heterocycles. The molecular weight excluding hydrogens is 286 g/mol. The van der Waals surface area contributed by atoms with Crippen molar-refractivity contribution < 1.29 is 0 Å². The minimum Gasteiger partial charge on any atom is -0.324 e. The number of hydrogen-bond donors (Lipinski definition) is 1. The molecule has 0 aliphatic rings. The van der Waals surface area contributed by atoms with E-state index in [4.69, 9.17) is 5.73 Å². The summed E-state index contributed by atoms with van der Waals surface area (Å²) in [6, 6.07) is 14.9. The van der Waals surface area contributed by atoms with E-state index in [-0.39, 0.29) is 6.04 Å². The zero-order chi connectivity index (χ0) is 13.1. The van der Waals surface area contributed by atoms with Gasteiger partial charge in [0.25, 0.3) is 0 Å². The summed E-state index contributed by atoms with van der Waals surface area (Å²) in [5, 5.41) is 0. The molecular formula is C16H18BrN. The summed E-state index contributed by atoms with van der Waals surface area (Å²) in [7, 11) is 0. The van der Waals surface area contributed by atoms with Crippen LogP contribution in [0.15, 0.2) is 46.9 Å². The summed E-state index contributed by atoms with van der Waals surface area (Å²) >= 11 is 3.49. The van der Waals surface area contributed by atoms with Gasteiger partial charge in [0.1, 0.15) is 0 Å². The first-order chi connectivity index (χ1) is 8.56. The highest BCUT2D eigenvalue weighted by molar-refractivity contribution is 9.10. The molecule has 0 radical (unpaired) electrons. The first-order valence-electron chi connectivity index (χ1n) is 6.13. The van der Waals surface area contributed by atoms with Crippen LogP contribution in [0.1, 0.15) is 28.3 Å². The summed E-state index contributed by atoms with van der Waals surface area (Å²) in [6.07, 6.45) is 0.865. The summed E-state index contributed by atoms with van der Waals surface area (Å²) in [4.78, 5) is 0. The Kier molecular flexibility index (Phi) is 4.20. The fraction of sp³-hybridized carbons (Fsp3) is 0.250. The van der Waals surface area contributed by atoms with Crippen LogP contribution in [0.5, 0.6) is 0 Å². The maximum Gasteiger partial charge on any atom is 0.0338 e. The van der Waals surface area contributed by atoms with Crippen LogP contribution in [-0.4, -0.2) is 0 Å². The predicted octanol–water partition coefficient (Wildman–Crippen LogP) is 4.31. The number of rotatable bonds is 3. The molecule has 1 atom stereocenters. The summed E-state index contributed by atoms with van der Waals surface area (Å²) < 4.78 is 1.10. The molecule has 0 bridgehead atoms. The van der Waals surface area contributed by atoms with Crippen molar-refractivity contribution in [2.24, 2.45) is 5.73 Å². The van der Waals surface area contributed by atoms with Gasteiger partial charge in [-0.25, -0.2) is 0 Å². The second-order valence-corrected chi connectivity index (χ2v) is 5.72. The van der Waals surface area contributed by atoms with E-state index in [0.29, 0.717) is 0 Å². The van der Waals surface area contributed by atoms with Crippen LogP contribution in [0.2, 0.25) is 0 Å². The van der Waals surface area contributed by atoms with E-state index in [2.05, 4.69) is 66.2 Å². The Morgan fingerprint density at radius 3 is 2.61 bits per heavy atom. The molecule has 18 heavy (non-hydrogen) atoms. The van der Waals surface area contributed by atoms with Gasteiger partial charge in [0.05, 0.1) is 0 Å². The second kappa shape index (κ2) is 5.68. The molecule has 2 heteroatoms. The molecule has 0 heterocycles. The lowest BCUT2D eigenvalue weighted by molar-refractivity contribution is 0.715. The largest absolute Gasteiger partial charge is 0.324 e. The van der Waals surface area contributed by atoms with Crippen LogP contribution in [0, 0.1) is 13.8 Å². The molecule has 0 saturated carbocycles. The molecule has 0 aliphatic heterocycles. The first kappa shape index (κ1) is 13.3. The normalized spacial score (nSPS) is 12.4. The lowest BCUT2D eigenvalue weighted by Gasteiger charge is -2.16. The van der Waals surface area contributed by atoms with Gasteiger partial charge in [-0.1, -0.05) is 51.8 Å². The lowest BCUT2D eigenvalue weighted by atomic mass is 9.95. The Morgan fingerprint density at radius 1 is 1.11 bits per heavy atom. The molecule has 0 aliphatic carbocycles. The van der Waals surface area contributed by atoms with E-state index in [1.807, 2.05) is 6.07 Å². The molecule has 2 aromatic rings. The Hall–Kier alpha value is -1.12. The standard InChI is InChI=1S/C16H18BrN/c1-11-6-7-12(2)15(8-11)16(18)10-13-4-3-5-14(17)9-13/h3-9,16H,10,18H2,1-2H3. The molecule has 2 N–H and O–H groups in total. The maximum atomic E-state index is 6.33. The number of benzene rings is 2. The molecule has 0 amide bonds. The van der Waals surface area contributed by atoms with Crippen molar-refractivity contribution in [2.75, 3.05) is 0 Å². The SMILES string of the molecule is Cc1ccc(C)c(C(N)Cc2cccc(Br)c2)c1. The van der Waals surface area contributed by atoms with Crippen molar-refractivity contribution in [3.63, 3.8) is 0 Å². The van der Waals surface area contributed by atoms with E-state index in [1.165, 1.54) is 22.3 Å². The molecule has 0 spiro atoms. The van der Waals surface area contributed by atoms with Crippen LogP contribution >= 0.6 is 15.9 Å². The van der Waals surface area contributed by atoms with E-state index in [1.54, 1.807) is 0 Å². The zero-order valence-corrected chi connectivity index (χ0v) is 12.4. The van der Waals surface area contributed by atoms with Gasteiger partial charge >= 0.3 is 0 Å². The highest BCUT2D eigenvalue weighted by atomic mass is 79.9. The number of hydrogen-bond acceptors (Lipinski definition) is 1. The number of nitrogens with two attached hydrogens (primary N) is 1. The summed E-state index contributed by atoms with van der Waals surface area (Å²) in [6.45, 7) is 4.23. The van der Waals surface area contributed by atoms with Crippen molar-refractivity contribution in [2.45, 2.75) is 26.3 Å². The zero-order valence-electron chi connectivity index (χ0n) is 10.8. The Balaban J connectivity index is 2.21. The van der Waals surface area contributed by atoms with Crippen LogP contribution in [-0.2, 0) is 6.42 Å². The molecule has 0 fully saturated rings. The first-order valence-corrected chi connectivity index (χ1v) is 6.93. The lowest BCUT2D eigenvalue weighted by Crippen LogP contribution is -2.14. The third-order valence-electron chi connectivity index (χ3n) is 3.18. The van der Waals surface area contributed by atoms with Crippen LogP contribution < -0.4 is 5.73 Å². The second-order valence-electron chi connectivity index (χ2n) is 4.80. The summed E-state index contributed by atoms with van der Waals surface area (Å²) in [5.41, 5.74) is 11.4. The van der Waals surface area contributed by atoms with Gasteiger partial charge in [0, 0.05) is 10.5 Å². The van der Waals surface area contributed by atoms with Crippen LogP contribution in [0.3, 0.4) is 0 Å². The van der Waals surface area contributed by atoms with Crippen molar-refractivity contribution in [1.82, 2.24) is 0 Å². The fourth-order valence-corrected chi connectivity index (χ4v) is 2.63. The van der Waals surface area contributed by atoms with Crippen molar-refractivity contribution in [3.05, 3.63) is 69.2 Å². The molecule has 1 unspecified atom stereocenters. The number of halogens is 1. The van der Waals surface area contributed by atoms with Gasteiger partial charge in [-0.05, 0) is 49.1 Å². The molecule has 0 saturated heterocycles. The highest BCUT2D eigenvalue weighted by Crippen LogP contribution is 2.22. The quantitative estimate of drug-likeness (QED) is 0.898. The highest BCUT2D eigenvalue weighted by Gasteiger charge is 2.10. The smallest absolute Gasteiger partial charge is 0.0338 e. The van der Waals surface area contributed by atoms with Crippen LogP contribution in [0.4, 0.5) is 0 Å². The monoisotopic (exact) mass is 303 g/mol. The fourth-order valence-electron chi connectivity index (χ4n) is 2.19. The summed E-state index contributed by atoms with van der Waals surface area (Å²) in [5.74, 6) is 0. The van der Waals surface area contributed by atoms with Crippen LogP contribution in [0.25, 0.3) is 0 Å².